The summed E-state index contributed by atoms with van der Waals surface area (Å²) in [5.41, 5.74) is 0.823. The number of aromatic hydroxyl groups is 1. The Labute approximate surface area is 107 Å². The van der Waals surface area contributed by atoms with Gasteiger partial charge in [-0.2, -0.15) is 0 Å². The monoisotopic (exact) mass is 301 g/mol. The summed E-state index contributed by atoms with van der Waals surface area (Å²) < 4.78 is 10.7. The third-order valence-electron chi connectivity index (χ3n) is 2.43. The van der Waals surface area contributed by atoms with E-state index in [-0.39, 0.29) is 18.4 Å². The Morgan fingerprint density at radius 2 is 2.41 bits per heavy atom. The van der Waals surface area contributed by atoms with E-state index in [0.717, 1.165) is 5.56 Å². The lowest BCUT2D eigenvalue weighted by Crippen LogP contribution is -2.18. The fourth-order valence-corrected chi connectivity index (χ4v) is 2.08. The quantitative estimate of drug-likeness (QED) is 0.899. The number of phenolic OH excluding ortho intramolecular Hbond substituents is 1. The number of halogens is 1. The molecule has 6 heteroatoms. The lowest BCUT2D eigenvalue weighted by molar-refractivity contribution is 0.177. The highest BCUT2D eigenvalue weighted by Crippen LogP contribution is 2.37. The van der Waals surface area contributed by atoms with Gasteiger partial charge in [-0.05, 0) is 40.5 Å². The molecule has 1 amide bonds. The van der Waals surface area contributed by atoms with Crippen molar-refractivity contribution >= 4 is 22.0 Å². The number of carbonyl (C=O) groups is 1. The second-order valence-corrected chi connectivity index (χ2v) is 4.43. The first-order chi connectivity index (χ1) is 8.11. The third-order valence-corrected chi connectivity index (χ3v) is 3.03. The van der Waals surface area contributed by atoms with Crippen molar-refractivity contribution in [3.63, 3.8) is 0 Å². The first kappa shape index (κ1) is 12.0. The maximum atomic E-state index is 11.0. The number of cyclic esters (lactones) is 1. The number of benzene rings is 1. The molecule has 1 saturated heterocycles. The average molecular weight is 302 g/mol. The van der Waals surface area contributed by atoms with E-state index in [9.17, 15) is 9.90 Å². The molecule has 1 atom stereocenters. The van der Waals surface area contributed by atoms with E-state index in [1.807, 2.05) is 6.92 Å². The normalized spacial score (nSPS) is 18.7. The second-order valence-electron chi connectivity index (χ2n) is 3.58. The molecule has 1 aliphatic rings. The summed E-state index contributed by atoms with van der Waals surface area (Å²) in [7, 11) is 0. The fraction of sp³-hybridized carbons (Fsp3) is 0.364. The minimum Gasteiger partial charge on any atom is -0.503 e. The van der Waals surface area contributed by atoms with Crippen molar-refractivity contribution in [2.24, 2.45) is 0 Å². The zero-order valence-corrected chi connectivity index (χ0v) is 10.8. The molecule has 0 spiro atoms. The van der Waals surface area contributed by atoms with Gasteiger partial charge in [-0.25, -0.2) is 4.79 Å². The molecule has 0 bridgehead atoms. The molecule has 5 nitrogen and oxygen atoms in total. The lowest BCUT2D eigenvalue weighted by atomic mass is 10.1. The van der Waals surface area contributed by atoms with Crippen LogP contribution in [0.1, 0.15) is 18.5 Å². The SMILES string of the molecule is CCOc1cc([C@H]2COC(=O)N2)cc(Br)c1O. The summed E-state index contributed by atoms with van der Waals surface area (Å²) in [4.78, 5) is 11.0. The van der Waals surface area contributed by atoms with E-state index in [4.69, 9.17) is 9.47 Å². The molecule has 1 aromatic carbocycles. The van der Waals surface area contributed by atoms with Crippen LogP contribution in [0.25, 0.3) is 0 Å². The summed E-state index contributed by atoms with van der Waals surface area (Å²) in [6.07, 6.45) is -0.433. The first-order valence-corrected chi connectivity index (χ1v) is 5.99. The highest BCUT2D eigenvalue weighted by atomic mass is 79.9. The van der Waals surface area contributed by atoms with Crippen molar-refractivity contribution in [1.82, 2.24) is 5.32 Å². The Kier molecular flexibility index (Phi) is 3.42. The number of hydrogen-bond donors (Lipinski definition) is 2. The minimum atomic E-state index is -0.433. The van der Waals surface area contributed by atoms with Crippen LogP contribution in [0, 0.1) is 0 Å². The predicted octanol–water partition coefficient (Wildman–Crippen LogP) is 2.33. The van der Waals surface area contributed by atoms with Crippen LogP contribution < -0.4 is 10.1 Å². The van der Waals surface area contributed by atoms with Crippen LogP contribution in [0.3, 0.4) is 0 Å². The minimum absolute atomic E-state index is 0.0563. The molecular weight excluding hydrogens is 290 g/mol. The Morgan fingerprint density at radius 1 is 1.65 bits per heavy atom. The van der Waals surface area contributed by atoms with E-state index in [1.165, 1.54) is 0 Å². The van der Waals surface area contributed by atoms with Gasteiger partial charge in [-0.1, -0.05) is 0 Å². The van der Waals surface area contributed by atoms with Gasteiger partial charge in [0, 0.05) is 0 Å². The van der Waals surface area contributed by atoms with Gasteiger partial charge >= 0.3 is 6.09 Å². The Hall–Kier alpha value is -1.43. The topological polar surface area (TPSA) is 67.8 Å². The largest absolute Gasteiger partial charge is 0.503 e. The van der Waals surface area contributed by atoms with Crippen molar-refractivity contribution in [1.29, 1.82) is 0 Å². The molecule has 1 aliphatic heterocycles. The number of amides is 1. The van der Waals surface area contributed by atoms with Gasteiger partial charge < -0.3 is 19.9 Å². The predicted molar refractivity (Wildman–Crippen MR) is 64.2 cm³/mol. The van der Waals surface area contributed by atoms with E-state index in [1.54, 1.807) is 12.1 Å². The number of phenols is 1. The zero-order chi connectivity index (χ0) is 12.4. The summed E-state index contributed by atoms with van der Waals surface area (Å²) in [6, 6.07) is 3.22. The number of nitrogens with one attached hydrogen (secondary N) is 1. The van der Waals surface area contributed by atoms with Crippen LogP contribution in [0.15, 0.2) is 16.6 Å². The number of carbonyl (C=O) groups excluding carboxylic acids is 1. The molecule has 0 aromatic heterocycles. The van der Waals surface area contributed by atoms with E-state index in [0.29, 0.717) is 16.8 Å². The molecular formula is C11H12BrNO4. The Balaban J connectivity index is 2.31. The van der Waals surface area contributed by atoms with Crippen LogP contribution in [-0.2, 0) is 4.74 Å². The van der Waals surface area contributed by atoms with E-state index < -0.39 is 6.09 Å². The molecule has 1 heterocycles. The van der Waals surface area contributed by atoms with Gasteiger partial charge in [-0.15, -0.1) is 0 Å². The highest BCUT2D eigenvalue weighted by molar-refractivity contribution is 9.10. The maximum absolute atomic E-state index is 11.0. The van der Waals surface area contributed by atoms with Gasteiger partial charge in [0.15, 0.2) is 11.5 Å². The molecule has 2 N–H and O–H groups in total. The molecule has 0 saturated carbocycles. The Bertz CT molecular complexity index is 449. The molecule has 1 aromatic rings. The van der Waals surface area contributed by atoms with Gasteiger partial charge in [-0.3, -0.25) is 0 Å². The molecule has 0 aliphatic carbocycles. The summed E-state index contributed by atoms with van der Waals surface area (Å²) >= 11 is 3.25. The highest BCUT2D eigenvalue weighted by Gasteiger charge is 2.25. The van der Waals surface area contributed by atoms with Crippen molar-refractivity contribution in [3.05, 3.63) is 22.2 Å². The van der Waals surface area contributed by atoms with Crippen molar-refractivity contribution in [2.45, 2.75) is 13.0 Å². The van der Waals surface area contributed by atoms with Gasteiger partial charge in [0.2, 0.25) is 0 Å². The van der Waals surface area contributed by atoms with Crippen LogP contribution in [0.2, 0.25) is 0 Å². The first-order valence-electron chi connectivity index (χ1n) is 5.20. The summed E-state index contributed by atoms with van der Waals surface area (Å²) in [5, 5.41) is 12.4. The van der Waals surface area contributed by atoms with E-state index >= 15 is 0 Å². The molecule has 2 rings (SSSR count). The molecule has 92 valence electrons. The molecule has 1 fully saturated rings. The standard InChI is InChI=1S/C11H12BrNO4/c1-2-16-9-4-6(3-7(12)10(9)14)8-5-17-11(15)13-8/h3-4,8,14H,2,5H2,1H3,(H,13,15)/t8-/m1/s1. The third kappa shape index (κ3) is 2.46. The zero-order valence-electron chi connectivity index (χ0n) is 9.20. The summed E-state index contributed by atoms with van der Waals surface area (Å²) in [6.45, 7) is 2.57. The van der Waals surface area contributed by atoms with Gasteiger partial charge in [0.1, 0.15) is 6.61 Å². The van der Waals surface area contributed by atoms with Crippen LogP contribution >= 0.6 is 15.9 Å². The lowest BCUT2D eigenvalue weighted by Gasteiger charge is -2.13. The van der Waals surface area contributed by atoms with Crippen molar-refractivity contribution < 1.29 is 19.4 Å². The number of hydrogen-bond acceptors (Lipinski definition) is 4. The van der Waals surface area contributed by atoms with Gasteiger partial charge in [0.25, 0.3) is 0 Å². The van der Waals surface area contributed by atoms with Crippen LogP contribution in [0.4, 0.5) is 4.79 Å². The van der Waals surface area contributed by atoms with Crippen molar-refractivity contribution in [2.75, 3.05) is 13.2 Å². The maximum Gasteiger partial charge on any atom is 0.407 e. The average Bonchev–Trinajstić information content (AvgIpc) is 2.71. The smallest absolute Gasteiger partial charge is 0.407 e. The van der Waals surface area contributed by atoms with Crippen LogP contribution in [0.5, 0.6) is 11.5 Å². The number of rotatable bonds is 3. The van der Waals surface area contributed by atoms with Crippen LogP contribution in [-0.4, -0.2) is 24.4 Å². The molecule has 17 heavy (non-hydrogen) atoms. The van der Waals surface area contributed by atoms with Gasteiger partial charge in [0.05, 0.1) is 17.1 Å². The fourth-order valence-electron chi connectivity index (χ4n) is 1.62. The van der Waals surface area contributed by atoms with E-state index in [2.05, 4.69) is 21.2 Å². The number of alkyl carbamates (subject to hydrolysis) is 1. The molecule has 0 radical (unpaired) electrons. The number of ether oxygens (including phenoxy) is 2. The Morgan fingerprint density at radius 3 is 3.00 bits per heavy atom. The molecule has 0 unspecified atom stereocenters. The summed E-state index contributed by atoms with van der Waals surface area (Å²) in [5.74, 6) is 0.443. The second kappa shape index (κ2) is 4.83. The van der Waals surface area contributed by atoms with Crippen molar-refractivity contribution in [3.8, 4) is 11.5 Å².